The van der Waals surface area contributed by atoms with E-state index in [1.165, 1.54) is 12.8 Å². The van der Waals surface area contributed by atoms with E-state index < -0.39 is 0 Å². The second-order valence-electron chi connectivity index (χ2n) is 3.75. The summed E-state index contributed by atoms with van der Waals surface area (Å²) in [6, 6.07) is 0. The fourth-order valence-corrected chi connectivity index (χ4v) is 2.13. The van der Waals surface area contributed by atoms with E-state index in [0.29, 0.717) is 6.42 Å². The molecular weight excluding hydrogens is 218 g/mol. The Kier molecular flexibility index (Phi) is 3.56. The minimum atomic E-state index is 0.0965. The van der Waals surface area contributed by atoms with Gasteiger partial charge in [0.25, 0.3) is 0 Å². The minimum absolute atomic E-state index is 0.0965. The van der Waals surface area contributed by atoms with Gasteiger partial charge in [-0.3, -0.25) is 4.79 Å². The molecule has 0 aromatic carbocycles. The minimum Gasteiger partial charge on any atom is -0.351 e. The van der Waals surface area contributed by atoms with Crippen LogP contribution in [0.1, 0.15) is 39.0 Å². The van der Waals surface area contributed by atoms with Gasteiger partial charge in [-0.2, -0.15) is 0 Å². The third-order valence-corrected chi connectivity index (χ3v) is 2.87. The van der Waals surface area contributed by atoms with Gasteiger partial charge in [-0.15, -0.1) is 0 Å². The molecule has 1 aliphatic rings. The highest BCUT2D eigenvalue weighted by molar-refractivity contribution is 9.09. The zero-order chi connectivity index (χ0) is 9.03. The number of carbonyl (C=O) groups is 1. The molecule has 2 nitrogen and oxygen atoms in total. The molecule has 1 N–H and O–H groups in total. The van der Waals surface area contributed by atoms with Crippen molar-refractivity contribution in [2.75, 3.05) is 5.33 Å². The van der Waals surface area contributed by atoms with E-state index in [1.807, 2.05) is 0 Å². The van der Waals surface area contributed by atoms with Gasteiger partial charge in [0.05, 0.1) is 0 Å². The van der Waals surface area contributed by atoms with E-state index in [4.69, 9.17) is 0 Å². The third kappa shape index (κ3) is 2.77. The standard InChI is InChI=1S/C9H16BrNO/c1-9(5-2-3-6-9)11-8(12)4-7-10/h2-7H2,1H3,(H,11,12). The smallest absolute Gasteiger partial charge is 0.221 e. The van der Waals surface area contributed by atoms with Crippen LogP contribution in [-0.2, 0) is 4.79 Å². The van der Waals surface area contributed by atoms with Gasteiger partial charge in [0.1, 0.15) is 0 Å². The molecule has 0 radical (unpaired) electrons. The van der Waals surface area contributed by atoms with Gasteiger partial charge in [0, 0.05) is 17.3 Å². The Hall–Kier alpha value is -0.0500. The van der Waals surface area contributed by atoms with Crippen LogP contribution in [0.15, 0.2) is 0 Å². The van der Waals surface area contributed by atoms with Gasteiger partial charge in [-0.25, -0.2) is 0 Å². The Morgan fingerprint density at radius 1 is 1.50 bits per heavy atom. The average Bonchev–Trinajstić information content (AvgIpc) is 2.36. The molecule has 0 aromatic heterocycles. The molecule has 1 saturated carbocycles. The maximum atomic E-state index is 11.3. The van der Waals surface area contributed by atoms with E-state index in [9.17, 15) is 4.79 Å². The van der Waals surface area contributed by atoms with Crippen LogP contribution in [0.5, 0.6) is 0 Å². The molecule has 1 rings (SSSR count). The van der Waals surface area contributed by atoms with Crippen molar-refractivity contribution in [3.8, 4) is 0 Å². The molecule has 1 amide bonds. The predicted octanol–water partition coefficient (Wildman–Crippen LogP) is 2.22. The molecule has 0 atom stereocenters. The number of halogens is 1. The zero-order valence-corrected chi connectivity index (χ0v) is 9.11. The van der Waals surface area contributed by atoms with E-state index in [1.54, 1.807) is 0 Å². The molecule has 1 aliphatic carbocycles. The molecule has 0 aliphatic heterocycles. The summed E-state index contributed by atoms with van der Waals surface area (Å²) in [6.45, 7) is 2.14. The highest BCUT2D eigenvalue weighted by atomic mass is 79.9. The fraction of sp³-hybridized carbons (Fsp3) is 0.889. The number of hydrogen-bond acceptors (Lipinski definition) is 1. The molecule has 0 heterocycles. The van der Waals surface area contributed by atoms with Crippen molar-refractivity contribution in [3.05, 3.63) is 0 Å². The van der Waals surface area contributed by atoms with Crippen LogP contribution >= 0.6 is 15.9 Å². The molecule has 70 valence electrons. The van der Waals surface area contributed by atoms with Gasteiger partial charge in [-0.05, 0) is 19.8 Å². The van der Waals surface area contributed by atoms with Crippen LogP contribution < -0.4 is 5.32 Å². The van der Waals surface area contributed by atoms with Crippen molar-refractivity contribution < 1.29 is 4.79 Å². The highest BCUT2D eigenvalue weighted by Gasteiger charge is 2.29. The number of rotatable bonds is 3. The summed E-state index contributed by atoms with van der Waals surface area (Å²) in [7, 11) is 0. The number of hydrogen-bond donors (Lipinski definition) is 1. The largest absolute Gasteiger partial charge is 0.351 e. The summed E-state index contributed by atoms with van der Waals surface area (Å²) in [5, 5.41) is 3.85. The van der Waals surface area contributed by atoms with E-state index >= 15 is 0 Å². The van der Waals surface area contributed by atoms with Crippen molar-refractivity contribution in [1.29, 1.82) is 0 Å². The average molecular weight is 234 g/mol. The van der Waals surface area contributed by atoms with Gasteiger partial charge in [-0.1, -0.05) is 28.8 Å². The maximum Gasteiger partial charge on any atom is 0.221 e. The zero-order valence-electron chi connectivity index (χ0n) is 7.53. The molecule has 0 saturated heterocycles. The molecule has 3 heteroatoms. The number of alkyl halides is 1. The number of nitrogens with one attached hydrogen (secondary N) is 1. The van der Waals surface area contributed by atoms with E-state index in [2.05, 4.69) is 28.2 Å². The van der Waals surface area contributed by atoms with Crippen molar-refractivity contribution >= 4 is 21.8 Å². The topological polar surface area (TPSA) is 29.1 Å². The van der Waals surface area contributed by atoms with Crippen LogP contribution in [0.4, 0.5) is 0 Å². The van der Waals surface area contributed by atoms with E-state index in [-0.39, 0.29) is 11.4 Å². The fourth-order valence-electron chi connectivity index (χ4n) is 1.77. The molecule has 1 fully saturated rings. The third-order valence-electron chi connectivity index (χ3n) is 2.47. The lowest BCUT2D eigenvalue weighted by molar-refractivity contribution is -0.122. The first-order chi connectivity index (χ1) is 5.66. The normalized spacial score (nSPS) is 20.8. The maximum absolute atomic E-state index is 11.3. The van der Waals surface area contributed by atoms with Gasteiger partial charge >= 0.3 is 0 Å². The first kappa shape index (κ1) is 10.0. The summed E-state index contributed by atoms with van der Waals surface area (Å²) in [5.74, 6) is 0.177. The van der Waals surface area contributed by atoms with Crippen molar-refractivity contribution in [2.45, 2.75) is 44.6 Å². The Morgan fingerprint density at radius 2 is 2.08 bits per heavy atom. The van der Waals surface area contributed by atoms with E-state index in [0.717, 1.165) is 18.2 Å². The summed E-state index contributed by atoms with van der Waals surface area (Å²) in [5.41, 5.74) is 0.0965. The van der Waals surface area contributed by atoms with Crippen LogP contribution in [0.3, 0.4) is 0 Å². The predicted molar refractivity (Wildman–Crippen MR) is 53.4 cm³/mol. The van der Waals surface area contributed by atoms with Crippen molar-refractivity contribution in [3.63, 3.8) is 0 Å². The lowest BCUT2D eigenvalue weighted by Gasteiger charge is -2.24. The molecule has 0 aromatic rings. The Bertz CT molecular complexity index is 164. The molecule has 0 bridgehead atoms. The van der Waals surface area contributed by atoms with Crippen LogP contribution in [0, 0.1) is 0 Å². The highest BCUT2D eigenvalue weighted by Crippen LogP contribution is 2.28. The molecule has 0 spiro atoms. The van der Waals surface area contributed by atoms with Crippen molar-refractivity contribution in [2.24, 2.45) is 0 Å². The Balaban J connectivity index is 2.33. The van der Waals surface area contributed by atoms with Crippen LogP contribution in [0.25, 0.3) is 0 Å². The second-order valence-corrected chi connectivity index (χ2v) is 4.55. The Labute approximate surface area is 82.2 Å². The SMILES string of the molecule is CC1(NC(=O)CCBr)CCCC1. The monoisotopic (exact) mass is 233 g/mol. The molecular formula is C9H16BrNO. The quantitative estimate of drug-likeness (QED) is 0.745. The molecule has 0 unspecified atom stereocenters. The van der Waals surface area contributed by atoms with Gasteiger partial charge < -0.3 is 5.32 Å². The van der Waals surface area contributed by atoms with Gasteiger partial charge in [0.15, 0.2) is 0 Å². The lowest BCUT2D eigenvalue weighted by Crippen LogP contribution is -2.43. The van der Waals surface area contributed by atoms with Crippen LogP contribution in [-0.4, -0.2) is 16.8 Å². The summed E-state index contributed by atoms with van der Waals surface area (Å²) in [4.78, 5) is 11.3. The Morgan fingerprint density at radius 3 is 2.58 bits per heavy atom. The molecule has 12 heavy (non-hydrogen) atoms. The van der Waals surface area contributed by atoms with Gasteiger partial charge in [0.2, 0.25) is 5.91 Å². The van der Waals surface area contributed by atoms with Crippen LogP contribution in [0.2, 0.25) is 0 Å². The summed E-state index contributed by atoms with van der Waals surface area (Å²) >= 11 is 3.26. The van der Waals surface area contributed by atoms with Crippen molar-refractivity contribution in [1.82, 2.24) is 5.32 Å². The first-order valence-electron chi connectivity index (χ1n) is 4.53. The first-order valence-corrected chi connectivity index (χ1v) is 5.65. The second kappa shape index (κ2) is 4.26. The number of carbonyl (C=O) groups excluding carboxylic acids is 1. The summed E-state index contributed by atoms with van der Waals surface area (Å²) < 4.78 is 0. The lowest BCUT2D eigenvalue weighted by atomic mass is 10.0. The number of amides is 1. The summed E-state index contributed by atoms with van der Waals surface area (Å²) in [6.07, 6.45) is 5.38.